The highest BCUT2D eigenvalue weighted by atomic mass is 19.1. The van der Waals surface area contributed by atoms with E-state index >= 15 is 0 Å². The molecule has 34 heavy (non-hydrogen) atoms. The van der Waals surface area contributed by atoms with Crippen molar-refractivity contribution in [3.8, 4) is 17.4 Å². The molecule has 0 radical (unpaired) electrons. The van der Waals surface area contributed by atoms with E-state index in [4.69, 9.17) is 9.68 Å². The zero-order chi connectivity index (χ0) is 23.8. The Labute approximate surface area is 193 Å². The number of nitriles is 1. The number of likely N-dealkylation sites (tertiary alicyclic amines) is 1. The normalized spacial score (nSPS) is 19.7. The van der Waals surface area contributed by atoms with Crippen LogP contribution in [0.5, 0.6) is 0 Å². The lowest BCUT2D eigenvalue weighted by atomic mass is 10.1. The molecule has 1 aliphatic carbocycles. The van der Waals surface area contributed by atoms with Gasteiger partial charge in [-0.15, -0.1) is 5.10 Å². The average Bonchev–Trinajstić information content (AvgIpc) is 3.21. The number of oxazole rings is 1. The summed E-state index contributed by atoms with van der Waals surface area (Å²) in [5, 5.41) is 26.5. The molecule has 11 nitrogen and oxygen atoms in total. The average molecular weight is 465 g/mol. The van der Waals surface area contributed by atoms with E-state index in [1.54, 1.807) is 15.8 Å². The smallest absolute Gasteiger partial charge is 0.407 e. The summed E-state index contributed by atoms with van der Waals surface area (Å²) in [7, 11) is 0. The number of carbonyl (C=O) groups excluding carboxylic acids is 1. The lowest BCUT2D eigenvalue weighted by molar-refractivity contribution is 0.0622. The van der Waals surface area contributed by atoms with Crippen LogP contribution in [0.25, 0.3) is 11.3 Å². The molecule has 2 atom stereocenters. The highest BCUT2D eigenvalue weighted by molar-refractivity contribution is 5.91. The molecule has 0 bridgehead atoms. The van der Waals surface area contributed by atoms with E-state index < -0.39 is 17.8 Å². The van der Waals surface area contributed by atoms with Gasteiger partial charge >= 0.3 is 12.0 Å². The molecule has 0 unspecified atom stereocenters. The maximum Gasteiger partial charge on any atom is 0.407 e. The third-order valence-electron chi connectivity index (χ3n) is 6.13. The van der Waals surface area contributed by atoms with Crippen molar-refractivity contribution in [1.82, 2.24) is 29.8 Å². The largest absolute Gasteiger partial charge is 0.465 e. The topological polar surface area (TPSA) is 141 Å². The summed E-state index contributed by atoms with van der Waals surface area (Å²) >= 11 is 0. The number of amides is 2. The van der Waals surface area contributed by atoms with Crippen LogP contribution in [0.4, 0.5) is 9.18 Å². The number of halogens is 1. The van der Waals surface area contributed by atoms with Gasteiger partial charge in [-0.1, -0.05) is 5.21 Å². The first-order chi connectivity index (χ1) is 16.4. The van der Waals surface area contributed by atoms with Crippen LogP contribution in [0.15, 0.2) is 41.2 Å². The minimum absolute atomic E-state index is 0.0349. The Hall–Kier alpha value is -4.27. The van der Waals surface area contributed by atoms with Gasteiger partial charge in [0, 0.05) is 18.8 Å². The summed E-state index contributed by atoms with van der Waals surface area (Å²) in [6.07, 6.45) is 5.40. The zero-order valence-electron chi connectivity index (χ0n) is 17.9. The fourth-order valence-corrected chi connectivity index (χ4v) is 4.42. The second kappa shape index (κ2) is 8.58. The van der Waals surface area contributed by atoms with Crippen LogP contribution in [0.3, 0.4) is 0 Å². The highest BCUT2D eigenvalue weighted by Gasteiger charge is 2.46. The van der Waals surface area contributed by atoms with E-state index in [2.05, 4.69) is 15.3 Å². The SMILES string of the molecule is N#Cc1ccc(F)c(-c2cnc(C(=O)N(C3CC3)[C@@H]3C[C@@H](Cn4ccnn4)N(C(=O)O)C3)o2)c1. The van der Waals surface area contributed by atoms with Gasteiger partial charge in [0.25, 0.3) is 5.89 Å². The molecule has 2 aliphatic rings. The van der Waals surface area contributed by atoms with E-state index in [9.17, 15) is 19.1 Å². The molecule has 2 fully saturated rings. The van der Waals surface area contributed by atoms with Gasteiger partial charge in [0.15, 0.2) is 5.76 Å². The number of aromatic nitrogens is 4. The number of hydrogen-bond acceptors (Lipinski definition) is 7. The Balaban J connectivity index is 1.38. The molecule has 3 aromatic rings. The van der Waals surface area contributed by atoms with Crippen molar-refractivity contribution < 1.29 is 23.5 Å². The van der Waals surface area contributed by atoms with Gasteiger partial charge in [-0.3, -0.25) is 9.48 Å². The third-order valence-corrected chi connectivity index (χ3v) is 6.13. The van der Waals surface area contributed by atoms with Gasteiger partial charge < -0.3 is 19.3 Å². The summed E-state index contributed by atoms with van der Waals surface area (Å²) in [6, 6.07) is 5.00. The van der Waals surface area contributed by atoms with Crippen LogP contribution in [0.1, 0.15) is 35.5 Å². The molecular formula is C22H20FN7O4. The number of carbonyl (C=O) groups is 2. The van der Waals surface area contributed by atoms with Gasteiger partial charge in [-0.2, -0.15) is 5.26 Å². The number of nitrogens with zero attached hydrogens (tertiary/aromatic N) is 7. The lowest BCUT2D eigenvalue weighted by Gasteiger charge is -2.27. The molecule has 1 saturated heterocycles. The molecule has 1 N–H and O–H groups in total. The van der Waals surface area contributed by atoms with Crippen molar-refractivity contribution in [1.29, 1.82) is 5.26 Å². The van der Waals surface area contributed by atoms with Crippen molar-refractivity contribution >= 4 is 12.0 Å². The van der Waals surface area contributed by atoms with E-state index in [1.165, 1.54) is 29.4 Å². The quantitative estimate of drug-likeness (QED) is 0.585. The monoisotopic (exact) mass is 465 g/mol. The number of hydrogen-bond donors (Lipinski definition) is 1. The van der Waals surface area contributed by atoms with E-state index in [-0.39, 0.29) is 47.4 Å². The van der Waals surface area contributed by atoms with Crippen LogP contribution in [0, 0.1) is 17.1 Å². The van der Waals surface area contributed by atoms with Gasteiger partial charge in [-0.25, -0.2) is 14.2 Å². The van der Waals surface area contributed by atoms with Crippen LogP contribution >= 0.6 is 0 Å². The molecule has 1 aromatic carbocycles. The molecule has 3 heterocycles. The standard InChI is InChI=1S/C22H20FN7O4/c23-18-4-1-13(9-24)7-17(18)19-10-25-20(34-19)21(31)30(14-2-3-14)16-8-15(29(12-16)22(32)33)11-28-6-5-26-27-28/h1,4-7,10,14-16H,2-3,8,11-12H2,(H,32,33)/t15-,16+/m0/s1. The Bertz CT molecular complexity index is 1260. The highest BCUT2D eigenvalue weighted by Crippen LogP contribution is 2.35. The Morgan fingerprint density at radius 2 is 2.15 bits per heavy atom. The van der Waals surface area contributed by atoms with E-state index in [1.807, 2.05) is 6.07 Å². The van der Waals surface area contributed by atoms with Gasteiger partial charge in [0.2, 0.25) is 0 Å². The fourth-order valence-electron chi connectivity index (χ4n) is 4.42. The predicted octanol–water partition coefficient (Wildman–Crippen LogP) is 2.37. The molecule has 2 aromatic heterocycles. The lowest BCUT2D eigenvalue weighted by Crippen LogP contribution is -2.44. The van der Waals surface area contributed by atoms with Crippen molar-refractivity contribution in [2.45, 2.75) is 43.9 Å². The van der Waals surface area contributed by atoms with Gasteiger partial charge in [0.05, 0.1) is 48.2 Å². The number of carboxylic acid groups (broad SMARTS) is 1. The summed E-state index contributed by atoms with van der Waals surface area (Å²) in [6.45, 7) is 0.483. The van der Waals surface area contributed by atoms with Crippen molar-refractivity contribution in [2.75, 3.05) is 6.54 Å². The van der Waals surface area contributed by atoms with E-state index in [0.29, 0.717) is 13.0 Å². The second-order valence-corrected chi connectivity index (χ2v) is 8.38. The molecule has 0 spiro atoms. The summed E-state index contributed by atoms with van der Waals surface area (Å²) in [5.74, 6) is -1.24. The van der Waals surface area contributed by atoms with Crippen LogP contribution < -0.4 is 0 Å². The summed E-state index contributed by atoms with van der Waals surface area (Å²) < 4.78 is 21.5. The van der Waals surface area contributed by atoms with Crippen molar-refractivity contribution in [2.24, 2.45) is 0 Å². The fraction of sp³-hybridized carbons (Fsp3) is 0.364. The van der Waals surface area contributed by atoms with Crippen LogP contribution in [-0.2, 0) is 6.54 Å². The first-order valence-electron chi connectivity index (χ1n) is 10.8. The van der Waals surface area contributed by atoms with Gasteiger partial charge in [-0.05, 0) is 37.5 Å². The van der Waals surface area contributed by atoms with Gasteiger partial charge in [0.1, 0.15) is 5.82 Å². The minimum Gasteiger partial charge on any atom is -0.465 e. The minimum atomic E-state index is -1.07. The first kappa shape index (κ1) is 21.6. The Morgan fingerprint density at radius 1 is 1.32 bits per heavy atom. The van der Waals surface area contributed by atoms with Crippen LogP contribution in [-0.4, -0.2) is 71.6 Å². The molecule has 2 amide bonds. The number of benzene rings is 1. The Kier molecular flexibility index (Phi) is 5.45. The molecule has 5 rings (SSSR count). The Morgan fingerprint density at radius 3 is 2.82 bits per heavy atom. The van der Waals surface area contributed by atoms with Crippen LogP contribution in [0.2, 0.25) is 0 Å². The molecule has 1 aliphatic heterocycles. The molecule has 174 valence electrons. The molecular weight excluding hydrogens is 445 g/mol. The van der Waals surface area contributed by atoms with Crippen molar-refractivity contribution in [3.05, 3.63) is 54.1 Å². The zero-order valence-corrected chi connectivity index (χ0v) is 17.9. The maximum atomic E-state index is 14.3. The summed E-state index contributed by atoms with van der Waals surface area (Å²) in [4.78, 5) is 32.3. The summed E-state index contributed by atoms with van der Waals surface area (Å²) in [5.41, 5.74) is 0.285. The maximum absolute atomic E-state index is 14.3. The van der Waals surface area contributed by atoms with Crippen molar-refractivity contribution in [3.63, 3.8) is 0 Å². The molecule has 12 heteroatoms. The number of rotatable bonds is 6. The molecule has 1 saturated carbocycles. The third kappa shape index (κ3) is 4.07. The second-order valence-electron chi connectivity index (χ2n) is 8.38. The predicted molar refractivity (Wildman–Crippen MR) is 113 cm³/mol. The first-order valence-corrected chi connectivity index (χ1v) is 10.8. The van der Waals surface area contributed by atoms with E-state index in [0.717, 1.165) is 18.9 Å².